The van der Waals surface area contributed by atoms with Crippen LogP contribution in [0.2, 0.25) is 5.02 Å². The van der Waals surface area contributed by atoms with Crippen molar-refractivity contribution in [1.82, 2.24) is 4.98 Å². The van der Waals surface area contributed by atoms with Gasteiger partial charge in [-0.15, -0.1) is 0 Å². The van der Waals surface area contributed by atoms with Gasteiger partial charge in [0.05, 0.1) is 32.8 Å². The summed E-state index contributed by atoms with van der Waals surface area (Å²) in [5.41, 5.74) is 9.04. The lowest BCUT2D eigenvalue weighted by Gasteiger charge is -2.13. The van der Waals surface area contributed by atoms with Gasteiger partial charge in [-0.05, 0) is 34.5 Å². The van der Waals surface area contributed by atoms with Gasteiger partial charge in [0.2, 0.25) is 0 Å². The number of nitrogens with one attached hydrogen (secondary N) is 1. The minimum Gasteiger partial charge on any atom is -0.396 e. The van der Waals surface area contributed by atoms with E-state index in [0.29, 0.717) is 10.7 Å². The standard InChI is InChI=1S/C12H11BrClN3/c1-7-3-2-4-10(11(7)14)17-12-8(13)5-16-6-9(12)15/h2-6H,15H2,1H3,(H,16,17). The molecule has 0 bridgehead atoms. The number of nitrogens with zero attached hydrogens (tertiary/aromatic N) is 1. The first-order valence-corrected chi connectivity index (χ1v) is 6.18. The molecule has 1 heterocycles. The van der Waals surface area contributed by atoms with Crippen molar-refractivity contribution in [3.05, 3.63) is 45.7 Å². The Labute approximate surface area is 113 Å². The van der Waals surface area contributed by atoms with Gasteiger partial charge in [0.15, 0.2) is 0 Å². The minimum absolute atomic E-state index is 0.567. The van der Waals surface area contributed by atoms with Gasteiger partial charge in [0, 0.05) is 6.20 Å². The average molecular weight is 313 g/mol. The minimum atomic E-state index is 0.567. The number of rotatable bonds is 2. The average Bonchev–Trinajstić information content (AvgIpc) is 2.29. The van der Waals surface area contributed by atoms with Crippen LogP contribution in [0.4, 0.5) is 17.1 Å². The van der Waals surface area contributed by atoms with Gasteiger partial charge >= 0.3 is 0 Å². The fourth-order valence-corrected chi connectivity index (χ4v) is 2.08. The van der Waals surface area contributed by atoms with Crippen molar-refractivity contribution in [3.8, 4) is 0 Å². The summed E-state index contributed by atoms with van der Waals surface area (Å²) in [4.78, 5) is 3.98. The summed E-state index contributed by atoms with van der Waals surface area (Å²) in [6.07, 6.45) is 3.28. The van der Waals surface area contributed by atoms with E-state index in [9.17, 15) is 0 Å². The molecular formula is C12H11BrClN3. The largest absolute Gasteiger partial charge is 0.396 e. The van der Waals surface area contributed by atoms with Crippen LogP contribution in [-0.2, 0) is 0 Å². The predicted octanol–water partition coefficient (Wildman–Crippen LogP) is 4.13. The number of hydrogen-bond donors (Lipinski definition) is 2. The molecule has 0 aliphatic carbocycles. The third kappa shape index (κ3) is 2.53. The van der Waals surface area contributed by atoms with Crippen molar-refractivity contribution in [1.29, 1.82) is 0 Å². The highest BCUT2D eigenvalue weighted by molar-refractivity contribution is 9.10. The molecule has 1 aromatic heterocycles. The highest BCUT2D eigenvalue weighted by Gasteiger charge is 2.08. The Morgan fingerprint density at radius 3 is 2.82 bits per heavy atom. The van der Waals surface area contributed by atoms with Gasteiger partial charge in [0.1, 0.15) is 0 Å². The highest BCUT2D eigenvalue weighted by Crippen LogP contribution is 2.34. The van der Waals surface area contributed by atoms with Crippen molar-refractivity contribution < 1.29 is 0 Å². The van der Waals surface area contributed by atoms with Crippen LogP contribution >= 0.6 is 27.5 Å². The summed E-state index contributed by atoms with van der Waals surface area (Å²) in [5, 5.41) is 3.90. The first-order chi connectivity index (χ1) is 8.09. The summed E-state index contributed by atoms with van der Waals surface area (Å²) in [7, 11) is 0. The van der Waals surface area contributed by atoms with E-state index < -0.39 is 0 Å². The van der Waals surface area contributed by atoms with Crippen molar-refractivity contribution in [3.63, 3.8) is 0 Å². The summed E-state index contributed by atoms with van der Waals surface area (Å²) in [5.74, 6) is 0. The zero-order valence-electron chi connectivity index (χ0n) is 9.17. The van der Waals surface area contributed by atoms with Crippen molar-refractivity contribution >= 4 is 44.6 Å². The van der Waals surface area contributed by atoms with E-state index in [1.54, 1.807) is 12.4 Å². The van der Waals surface area contributed by atoms with Crippen LogP contribution in [-0.4, -0.2) is 4.98 Å². The van der Waals surface area contributed by atoms with Crippen molar-refractivity contribution in [2.45, 2.75) is 6.92 Å². The SMILES string of the molecule is Cc1cccc(Nc2c(N)cncc2Br)c1Cl. The second-order valence-electron chi connectivity index (χ2n) is 3.65. The number of aryl methyl sites for hydroxylation is 1. The molecule has 3 N–H and O–H groups in total. The van der Waals surface area contributed by atoms with Gasteiger partial charge < -0.3 is 11.1 Å². The van der Waals surface area contributed by atoms with Gasteiger partial charge in [-0.2, -0.15) is 0 Å². The molecule has 1 aromatic carbocycles. The lowest BCUT2D eigenvalue weighted by atomic mass is 10.2. The zero-order chi connectivity index (χ0) is 12.4. The van der Waals surface area contributed by atoms with Crippen LogP contribution in [0.15, 0.2) is 35.1 Å². The maximum atomic E-state index is 6.21. The molecule has 0 atom stereocenters. The van der Waals surface area contributed by atoms with E-state index in [1.165, 1.54) is 0 Å². The summed E-state index contributed by atoms with van der Waals surface area (Å²) < 4.78 is 0.801. The fraction of sp³-hybridized carbons (Fsp3) is 0.0833. The molecule has 0 fully saturated rings. The second-order valence-corrected chi connectivity index (χ2v) is 4.88. The predicted molar refractivity (Wildman–Crippen MR) is 75.8 cm³/mol. The van der Waals surface area contributed by atoms with Crippen LogP contribution in [0.1, 0.15) is 5.56 Å². The number of aromatic nitrogens is 1. The molecule has 0 aliphatic rings. The molecule has 3 nitrogen and oxygen atoms in total. The monoisotopic (exact) mass is 311 g/mol. The molecule has 17 heavy (non-hydrogen) atoms. The number of hydrogen-bond acceptors (Lipinski definition) is 3. The molecule has 0 amide bonds. The van der Waals surface area contributed by atoms with E-state index >= 15 is 0 Å². The molecule has 88 valence electrons. The summed E-state index contributed by atoms with van der Waals surface area (Å²) >= 11 is 9.61. The lowest BCUT2D eigenvalue weighted by molar-refractivity contribution is 1.31. The van der Waals surface area contributed by atoms with Gasteiger partial charge in [0.25, 0.3) is 0 Å². The Kier molecular flexibility index (Phi) is 3.54. The Hall–Kier alpha value is -1.26. The Balaban J connectivity index is 2.42. The third-order valence-corrected chi connectivity index (χ3v) is 3.48. The number of anilines is 3. The van der Waals surface area contributed by atoms with Crippen molar-refractivity contribution in [2.75, 3.05) is 11.1 Å². The van der Waals surface area contributed by atoms with Crippen LogP contribution in [0.25, 0.3) is 0 Å². The molecule has 0 unspecified atom stereocenters. The maximum absolute atomic E-state index is 6.21. The lowest BCUT2D eigenvalue weighted by Crippen LogP contribution is -1.99. The zero-order valence-corrected chi connectivity index (χ0v) is 11.5. The normalized spacial score (nSPS) is 10.3. The number of pyridine rings is 1. The number of nitrogen functional groups attached to an aromatic ring is 1. The fourth-order valence-electron chi connectivity index (χ4n) is 1.46. The molecule has 0 radical (unpaired) electrons. The number of halogens is 2. The molecule has 0 saturated carbocycles. The van der Waals surface area contributed by atoms with Crippen molar-refractivity contribution in [2.24, 2.45) is 0 Å². The van der Waals surface area contributed by atoms with Crippen LogP contribution < -0.4 is 11.1 Å². The van der Waals surface area contributed by atoms with E-state index in [2.05, 4.69) is 26.2 Å². The quantitative estimate of drug-likeness (QED) is 0.876. The first kappa shape index (κ1) is 12.2. The van der Waals surface area contributed by atoms with Gasteiger partial charge in [-0.1, -0.05) is 23.7 Å². The molecule has 0 saturated heterocycles. The Morgan fingerprint density at radius 1 is 1.35 bits per heavy atom. The Bertz CT molecular complexity index is 537. The highest BCUT2D eigenvalue weighted by atomic mass is 79.9. The topological polar surface area (TPSA) is 50.9 Å². The third-order valence-electron chi connectivity index (χ3n) is 2.38. The molecule has 2 rings (SSSR count). The van der Waals surface area contributed by atoms with E-state index in [4.69, 9.17) is 17.3 Å². The van der Waals surface area contributed by atoms with E-state index in [0.717, 1.165) is 21.4 Å². The summed E-state index contributed by atoms with van der Waals surface area (Å²) in [6, 6.07) is 5.80. The Morgan fingerprint density at radius 2 is 2.12 bits per heavy atom. The molecule has 5 heteroatoms. The number of benzene rings is 1. The maximum Gasteiger partial charge on any atom is 0.0794 e. The van der Waals surface area contributed by atoms with Crippen LogP contribution in [0.5, 0.6) is 0 Å². The molecule has 0 spiro atoms. The van der Waals surface area contributed by atoms with E-state index in [-0.39, 0.29) is 0 Å². The number of nitrogens with two attached hydrogens (primary N) is 1. The smallest absolute Gasteiger partial charge is 0.0794 e. The molecule has 0 aliphatic heterocycles. The molecule has 2 aromatic rings. The second kappa shape index (κ2) is 4.94. The first-order valence-electron chi connectivity index (χ1n) is 5.00. The van der Waals surface area contributed by atoms with E-state index in [1.807, 2.05) is 25.1 Å². The van der Waals surface area contributed by atoms with Gasteiger partial charge in [-0.25, -0.2) is 0 Å². The molecular weight excluding hydrogens is 302 g/mol. The van der Waals surface area contributed by atoms with Gasteiger partial charge in [-0.3, -0.25) is 4.98 Å². The van der Waals surface area contributed by atoms with Crippen LogP contribution in [0.3, 0.4) is 0 Å². The van der Waals surface area contributed by atoms with Crippen LogP contribution in [0, 0.1) is 6.92 Å². The summed E-state index contributed by atoms with van der Waals surface area (Å²) in [6.45, 7) is 1.96.